The van der Waals surface area contributed by atoms with Crippen molar-refractivity contribution in [3.8, 4) is 17.0 Å². The fourth-order valence-electron chi connectivity index (χ4n) is 6.05. The van der Waals surface area contributed by atoms with Gasteiger partial charge in [-0.25, -0.2) is 4.79 Å². The second kappa shape index (κ2) is 10.9. The van der Waals surface area contributed by atoms with Crippen molar-refractivity contribution < 1.29 is 19.2 Å². The number of halogens is 3. The van der Waals surface area contributed by atoms with E-state index in [0.29, 0.717) is 43.4 Å². The Morgan fingerprint density at radius 2 is 1.74 bits per heavy atom. The molecule has 7 nitrogen and oxygen atoms in total. The largest absolute Gasteiger partial charge is 0.489 e. The van der Waals surface area contributed by atoms with E-state index in [2.05, 4.69) is 10.3 Å². The lowest BCUT2D eigenvalue weighted by atomic mass is 9.99. The zero-order valence-electron chi connectivity index (χ0n) is 23.5. The van der Waals surface area contributed by atoms with Crippen molar-refractivity contribution in [1.82, 2.24) is 14.9 Å². The number of rotatable bonds is 9. The Hall–Kier alpha value is -3.52. The standard InChI is InChI=1S/C33H28Cl3N3O4/c1-16(2)39-27-8-3-5-20(28(27)31(37-39)33(40)41)22-14-21(22)19-12-11-18(13-26(19)36)42-15-23-30(38-43-32(23)17-9-10-17)29-24(34)6-4-7-25(29)35/h3-8,11-13,16-17,21-22H,9-10,14-15H2,1-2H3,(H,40,41). The second-order valence-corrected chi connectivity index (χ2v) is 12.8. The van der Waals surface area contributed by atoms with Gasteiger partial charge in [0.15, 0.2) is 5.69 Å². The molecule has 2 aliphatic rings. The first kappa shape index (κ1) is 28.3. The first-order valence-corrected chi connectivity index (χ1v) is 15.5. The second-order valence-electron chi connectivity index (χ2n) is 11.6. The summed E-state index contributed by atoms with van der Waals surface area (Å²) in [5.74, 6) is 1.05. The van der Waals surface area contributed by atoms with E-state index in [4.69, 9.17) is 44.1 Å². The zero-order chi connectivity index (χ0) is 30.0. The molecule has 2 heterocycles. The predicted molar refractivity (Wildman–Crippen MR) is 167 cm³/mol. The summed E-state index contributed by atoms with van der Waals surface area (Å²) in [7, 11) is 0. The molecule has 3 aromatic carbocycles. The average Bonchev–Trinajstić information content (AvgIpc) is 3.89. The number of carboxylic acids is 1. The highest BCUT2D eigenvalue weighted by atomic mass is 35.5. The number of hydrogen-bond donors (Lipinski definition) is 1. The molecule has 1 N–H and O–H groups in total. The third-order valence-electron chi connectivity index (χ3n) is 8.37. The molecule has 2 unspecified atom stereocenters. The van der Waals surface area contributed by atoms with Gasteiger partial charge >= 0.3 is 5.97 Å². The van der Waals surface area contributed by atoms with Crippen molar-refractivity contribution in [2.24, 2.45) is 0 Å². The Morgan fingerprint density at radius 3 is 2.42 bits per heavy atom. The molecule has 2 aliphatic carbocycles. The van der Waals surface area contributed by atoms with Crippen molar-refractivity contribution in [3.63, 3.8) is 0 Å². The van der Waals surface area contributed by atoms with Crippen LogP contribution in [-0.2, 0) is 6.61 Å². The van der Waals surface area contributed by atoms with E-state index in [9.17, 15) is 9.90 Å². The van der Waals surface area contributed by atoms with Crippen molar-refractivity contribution >= 4 is 51.7 Å². The van der Waals surface area contributed by atoms with Crippen LogP contribution in [0.1, 0.15) is 89.8 Å². The van der Waals surface area contributed by atoms with E-state index in [0.717, 1.165) is 47.2 Å². The summed E-state index contributed by atoms with van der Waals surface area (Å²) in [6, 6.07) is 17.1. The van der Waals surface area contributed by atoms with Gasteiger partial charge in [-0.05, 0) is 86.4 Å². The molecule has 0 bridgehead atoms. The topological polar surface area (TPSA) is 90.4 Å². The summed E-state index contributed by atoms with van der Waals surface area (Å²) < 4.78 is 13.8. The van der Waals surface area contributed by atoms with Gasteiger partial charge in [-0.1, -0.05) is 64.2 Å². The van der Waals surface area contributed by atoms with Crippen molar-refractivity contribution in [2.45, 2.75) is 63.5 Å². The SMILES string of the molecule is CC(C)n1nc(C(=O)O)c2c(C3CC3c3ccc(OCc4c(-c5c(Cl)cccc5Cl)noc4C4CC4)cc3Cl)cccc21. The summed E-state index contributed by atoms with van der Waals surface area (Å²) in [6.45, 7) is 4.22. The van der Waals surface area contributed by atoms with Crippen LogP contribution in [0.5, 0.6) is 5.75 Å². The quantitative estimate of drug-likeness (QED) is 0.173. The number of ether oxygens (including phenoxy) is 1. The van der Waals surface area contributed by atoms with Gasteiger partial charge in [0, 0.05) is 27.9 Å². The molecule has 2 fully saturated rings. The Kier molecular flexibility index (Phi) is 7.15. The van der Waals surface area contributed by atoms with Gasteiger partial charge < -0.3 is 14.4 Å². The van der Waals surface area contributed by atoms with Crippen molar-refractivity contribution in [2.75, 3.05) is 0 Å². The first-order chi connectivity index (χ1) is 20.7. The van der Waals surface area contributed by atoms with Gasteiger partial charge in [-0.15, -0.1) is 0 Å². The monoisotopic (exact) mass is 635 g/mol. The number of fused-ring (bicyclic) bond motifs is 1. The van der Waals surface area contributed by atoms with Gasteiger partial charge in [0.25, 0.3) is 0 Å². The van der Waals surface area contributed by atoms with Crippen LogP contribution in [0.15, 0.2) is 59.1 Å². The predicted octanol–water partition coefficient (Wildman–Crippen LogP) is 9.66. The van der Waals surface area contributed by atoms with Crippen LogP contribution < -0.4 is 4.74 Å². The van der Waals surface area contributed by atoms with E-state index in [1.54, 1.807) is 22.9 Å². The van der Waals surface area contributed by atoms with Crippen LogP contribution in [-0.4, -0.2) is 26.0 Å². The van der Waals surface area contributed by atoms with Crippen LogP contribution in [0.25, 0.3) is 22.2 Å². The molecule has 0 aliphatic heterocycles. The molecule has 0 radical (unpaired) electrons. The molecule has 0 saturated heterocycles. The molecule has 220 valence electrons. The summed E-state index contributed by atoms with van der Waals surface area (Å²) in [5, 5.41) is 21.0. The fraction of sp³-hybridized carbons (Fsp3) is 0.303. The highest BCUT2D eigenvalue weighted by molar-refractivity contribution is 6.39. The molecule has 2 saturated carbocycles. The van der Waals surface area contributed by atoms with Crippen LogP contribution in [0, 0.1) is 0 Å². The zero-order valence-corrected chi connectivity index (χ0v) is 25.7. The van der Waals surface area contributed by atoms with Crippen LogP contribution in [0.2, 0.25) is 15.1 Å². The Bertz CT molecular complexity index is 1870. The Morgan fingerprint density at radius 1 is 1.02 bits per heavy atom. The number of carbonyl (C=O) groups is 1. The number of aromatic nitrogens is 3. The smallest absolute Gasteiger partial charge is 0.357 e. The third kappa shape index (κ3) is 5.07. The minimum atomic E-state index is -1.02. The van der Waals surface area contributed by atoms with Crippen LogP contribution >= 0.6 is 34.8 Å². The number of benzene rings is 3. The third-order valence-corrected chi connectivity index (χ3v) is 9.33. The average molecular weight is 637 g/mol. The van der Waals surface area contributed by atoms with E-state index in [1.807, 2.05) is 50.2 Å². The number of hydrogen-bond acceptors (Lipinski definition) is 5. The summed E-state index contributed by atoms with van der Waals surface area (Å²) in [5.41, 5.74) is 5.00. The summed E-state index contributed by atoms with van der Waals surface area (Å²) in [6.07, 6.45) is 2.96. The summed E-state index contributed by atoms with van der Waals surface area (Å²) >= 11 is 19.8. The molecule has 10 heteroatoms. The molecular weight excluding hydrogens is 609 g/mol. The number of carboxylic acid groups (broad SMARTS) is 1. The first-order valence-electron chi connectivity index (χ1n) is 14.3. The van der Waals surface area contributed by atoms with Crippen molar-refractivity contribution in [3.05, 3.63) is 97.8 Å². The molecule has 2 aromatic heterocycles. The minimum absolute atomic E-state index is 0.0405. The molecule has 0 spiro atoms. The maximum absolute atomic E-state index is 12.1. The lowest BCUT2D eigenvalue weighted by Gasteiger charge is -2.12. The number of aromatic carboxylic acids is 1. The van der Waals surface area contributed by atoms with Crippen LogP contribution in [0.4, 0.5) is 0 Å². The summed E-state index contributed by atoms with van der Waals surface area (Å²) in [4.78, 5) is 12.1. The van der Waals surface area contributed by atoms with E-state index >= 15 is 0 Å². The molecule has 7 rings (SSSR count). The van der Waals surface area contributed by atoms with Gasteiger partial charge in [0.2, 0.25) is 0 Å². The van der Waals surface area contributed by atoms with Gasteiger partial charge in [-0.3, -0.25) is 4.68 Å². The maximum Gasteiger partial charge on any atom is 0.357 e. The lowest BCUT2D eigenvalue weighted by Crippen LogP contribution is -2.05. The van der Waals surface area contributed by atoms with E-state index in [1.165, 1.54) is 0 Å². The van der Waals surface area contributed by atoms with Crippen LogP contribution in [0.3, 0.4) is 0 Å². The van der Waals surface area contributed by atoms with Crippen molar-refractivity contribution in [1.29, 1.82) is 0 Å². The minimum Gasteiger partial charge on any atom is -0.489 e. The normalized spacial score (nSPS) is 18.0. The Labute approximate surface area is 263 Å². The molecule has 5 aromatic rings. The molecule has 2 atom stereocenters. The lowest BCUT2D eigenvalue weighted by molar-refractivity contribution is 0.0691. The highest BCUT2D eigenvalue weighted by Crippen LogP contribution is 2.58. The van der Waals surface area contributed by atoms with Gasteiger partial charge in [0.1, 0.15) is 23.8 Å². The maximum atomic E-state index is 12.1. The fourth-order valence-corrected chi connectivity index (χ4v) is 6.94. The number of nitrogens with zero attached hydrogens (tertiary/aromatic N) is 3. The van der Waals surface area contributed by atoms with Gasteiger partial charge in [0.05, 0.1) is 21.1 Å². The van der Waals surface area contributed by atoms with Gasteiger partial charge in [-0.2, -0.15) is 5.10 Å². The van der Waals surface area contributed by atoms with E-state index < -0.39 is 5.97 Å². The van der Waals surface area contributed by atoms with E-state index in [-0.39, 0.29) is 30.2 Å². The molecule has 43 heavy (non-hydrogen) atoms. The Balaban J connectivity index is 1.14. The molecule has 0 amide bonds. The molecular formula is C33H28Cl3N3O4. The highest BCUT2D eigenvalue weighted by Gasteiger charge is 2.42.